The molecule has 2 aliphatic rings. The average molecular weight is 529 g/mol. The number of amides is 2. The van der Waals surface area contributed by atoms with Crippen LogP contribution >= 0.6 is 0 Å². The Hall–Kier alpha value is -2.79. The summed E-state index contributed by atoms with van der Waals surface area (Å²) < 4.78 is 32.9. The van der Waals surface area contributed by atoms with Gasteiger partial charge in [0.2, 0.25) is 21.8 Å². The van der Waals surface area contributed by atoms with Gasteiger partial charge < -0.3 is 20.7 Å². The van der Waals surface area contributed by atoms with Gasteiger partial charge in [-0.3, -0.25) is 9.59 Å². The third-order valence-corrected chi connectivity index (χ3v) is 8.88. The van der Waals surface area contributed by atoms with E-state index in [9.17, 15) is 18.0 Å². The fourth-order valence-electron chi connectivity index (χ4n) is 4.98. The van der Waals surface area contributed by atoms with Crippen LogP contribution in [0.2, 0.25) is 0 Å². The second-order valence-electron chi connectivity index (χ2n) is 9.65. The zero-order valence-electron chi connectivity index (χ0n) is 21.5. The Morgan fingerprint density at radius 2 is 1.97 bits per heavy atom. The van der Waals surface area contributed by atoms with E-state index in [1.165, 1.54) is 23.3 Å². The van der Waals surface area contributed by atoms with Crippen molar-refractivity contribution in [2.24, 2.45) is 0 Å². The van der Waals surface area contributed by atoms with E-state index in [1.54, 1.807) is 19.2 Å². The molecule has 0 unspecified atom stereocenters. The molecule has 200 valence electrons. The van der Waals surface area contributed by atoms with Crippen LogP contribution in [0.15, 0.2) is 47.4 Å². The monoisotopic (exact) mass is 528 g/mol. The summed E-state index contributed by atoms with van der Waals surface area (Å²) in [5.74, 6) is -0.791. The number of nitrogens with one attached hydrogen (secondary N) is 3. The van der Waals surface area contributed by atoms with Crippen molar-refractivity contribution in [1.29, 1.82) is 0 Å². The highest BCUT2D eigenvalue weighted by Gasteiger charge is 2.40. The van der Waals surface area contributed by atoms with E-state index in [1.807, 2.05) is 6.92 Å². The Bertz CT molecular complexity index is 1220. The molecule has 1 aliphatic heterocycles. The Kier molecular flexibility index (Phi) is 8.96. The van der Waals surface area contributed by atoms with Gasteiger partial charge in [0.1, 0.15) is 6.04 Å². The Labute approximate surface area is 219 Å². The van der Waals surface area contributed by atoms with Crippen LogP contribution in [0.4, 0.5) is 0 Å². The van der Waals surface area contributed by atoms with Crippen LogP contribution in [0.5, 0.6) is 0 Å². The second kappa shape index (κ2) is 12.2. The Balaban J connectivity index is 1.44. The van der Waals surface area contributed by atoms with Crippen LogP contribution in [0.3, 0.4) is 0 Å². The molecule has 1 heterocycles. The molecular formula is C27H36N4O5S. The minimum Gasteiger partial charge on any atom is -0.383 e. The Morgan fingerprint density at radius 3 is 2.73 bits per heavy atom. The van der Waals surface area contributed by atoms with Crippen LogP contribution < -0.4 is 16.0 Å². The van der Waals surface area contributed by atoms with Crippen molar-refractivity contribution in [3.05, 3.63) is 64.7 Å². The number of methoxy groups -OCH3 is 1. The van der Waals surface area contributed by atoms with E-state index in [-0.39, 0.29) is 36.4 Å². The van der Waals surface area contributed by atoms with E-state index in [4.69, 9.17) is 4.74 Å². The van der Waals surface area contributed by atoms with Crippen LogP contribution in [0.1, 0.15) is 47.6 Å². The van der Waals surface area contributed by atoms with Gasteiger partial charge in [0.05, 0.1) is 24.0 Å². The molecule has 2 aromatic rings. The highest BCUT2D eigenvalue weighted by molar-refractivity contribution is 7.89. The predicted molar refractivity (Wildman–Crippen MR) is 140 cm³/mol. The number of rotatable bonds is 10. The van der Waals surface area contributed by atoms with E-state index < -0.39 is 22.0 Å². The fourth-order valence-corrected chi connectivity index (χ4v) is 6.57. The first-order valence-electron chi connectivity index (χ1n) is 12.8. The molecule has 4 rings (SSSR count). The van der Waals surface area contributed by atoms with Crippen molar-refractivity contribution < 1.29 is 22.7 Å². The number of aryl methyl sites for hydroxylation is 2. The number of hydrogen-bond donors (Lipinski definition) is 3. The first-order valence-corrected chi connectivity index (χ1v) is 14.2. The highest BCUT2D eigenvalue weighted by Crippen LogP contribution is 2.31. The first kappa shape index (κ1) is 27.3. The van der Waals surface area contributed by atoms with Crippen LogP contribution in [-0.4, -0.2) is 63.9 Å². The Morgan fingerprint density at radius 1 is 1.19 bits per heavy atom. The molecule has 1 aliphatic carbocycles. The molecule has 2 atom stereocenters. The van der Waals surface area contributed by atoms with Gasteiger partial charge in [-0.05, 0) is 55.0 Å². The number of sulfonamides is 1. The third kappa shape index (κ3) is 6.56. The second-order valence-corrected chi connectivity index (χ2v) is 11.5. The lowest BCUT2D eigenvalue weighted by Crippen LogP contribution is -2.58. The van der Waals surface area contributed by atoms with Gasteiger partial charge in [0.15, 0.2) is 0 Å². The lowest BCUT2D eigenvalue weighted by Gasteiger charge is -2.34. The lowest BCUT2D eigenvalue weighted by atomic mass is 9.86. The van der Waals surface area contributed by atoms with Gasteiger partial charge in [-0.2, -0.15) is 4.31 Å². The molecule has 10 heteroatoms. The first-order chi connectivity index (χ1) is 17.8. The van der Waals surface area contributed by atoms with Crippen molar-refractivity contribution in [2.75, 3.05) is 33.4 Å². The normalized spacial score (nSPS) is 20.2. The minimum absolute atomic E-state index is 0.118. The molecule has 0 saturated carbocycles. The van der Waals surface area contributed by atoms with Crippen molar-refractivity contribution in [2.45, 2.75) is 56.1 Å². The number of ether oxygens (including phenoxy) is 1. The molecule has 1 saturated heterocycles. The standard InChI is InChI=1S/C27H36N4O5S/c1-19-6-9-22(10-7-19)37(34,35)31-14-12-29-27(33)25(31)17-26(32)30-24-5-3-4-21-16-20(8-11-23(21)24)18-28-13-15-36-2/h6-11,16,24-25,28H,3-5,12-15,17-18H2,1-2H3,(H,29,33)(H,30,32)/t24-,25-/m1/s1. The maximum Gasteiger partial charge on any atom is 0.243 e. The number of piperazine rings is 1. The van der Waals surface area contributed by atoms with E-state index in [0.717, 1.165) is 47.8 Å². The molecule has 2 aromatic carbocycles. The van der Waals surface area contributed by atoms with E-state index in [0.29, 0.717) is 6.61 Å². The van der Waals surface area contributed by atoms with Gasteiger partial charge in [0, 0.05) is 33.3 Å². The molecule has 1 fully saturated rings. The average Bonchev–Trinajstić information content (AvgIpc) is 2.88. The summed E-state index contributed by atoms with van der Waals surface area (Å²) in [4.78, 5) is 26.0. The number of carbonyl (C=O) groups is 2. The molecule has 0 aromatic heterocycles. The van der Waals surface area contributed by atoms with Gasteiger partial charge in [-0.25, -0.2) is 8.42 Å². The smallest absolute Gasteiger partial charge is 0.243 e. The molecule has 2 amide bonds. The maximum atomic E-state index is 13.3. The van der Waals surface area contributed by atoms with E-state index >= 15 is 0 Å². The van der Waals surface area contributed by atoms with Gasteiger partial charge in [-0.1, -0.05) is 35.9 Å². The maximum absolute atomic E-state index is 13.3. The SMILES string of the molecule is COCCNCc1ccc2c(c1)CCC[C@H]2NC(=O)C[C@@H]1C(=O)NCCN1S(=O)(=O)c1ccc(C)cc1. The fraction of sp³-hybridized carbons (Fsp3) is 0.481. The zero-order chi connectivity index (χ0) is 26.4. The van der Waals surface area contributed by atoms with Crippen molar-refractivity contribution in [1.82, 2.24) is 20.3 Å². The molecule has 0 bridgehead atoms. The van der Waals surface area contributed by atoms with Gasteiger partial charge >= 0.3 is 0 Å². The topological polar surface area (TPSA) is 117 Å². The largest absolute Gasteiger partial charge is 0.383 e. The molecule has 9 nitrogen and oxygen atoms in total. The molecule has 3 N–H and O–H groups in total. The highest BCUT2D eigenvalue weighted by atomic mass is 32.2. The summed E-state index contributed by atoms with van der Waals surface area (Å²) in [5.41, 5.74) is 4.41. The summed E-state index contributed by atoms with van der Waals surface area (Å²) in [6.07, 6.45) is 2.45. The number of nitrogens with zero attached hydrogens (tertiary/aromatic N) is 1. The summed E-state index contributed by atoms with van der Waals surface area (Å²) in [7, 11) is -2.25. The minimum atomic E-state index is -3.93. The predicted octanol–water partition coefficient (Wildman–Crippen LogP) is 1.80. The van der Waals surface area contributed by atoms with Gasteiger partial charge in [-0.15, -0.1) is 0 Å². The number of fused-ring (bicyclic) bond motifs is 1. The summed E-state index contributed by atoms with van der Waals surface area (Å²) in [6.45, 7) is 4.38. The lowest BCUT2D eigenvalue weighted by molar-refractivity contribution is -0.132. The summed E-state index contributed by atoms with van der Waals surface area (Å²) >= 11 is 0. The van der Waals surface area contributed by atoms with Crippen molar-refractivity contribution >= 4 is 21.8 Å². The summed E-state index contributed by atoms with van der Waals surface area (Å²) in [6, 6.07) is 11.6. The molecule has 37 heavy (non-hydrogen) atoms. The van der Waals surface area contributed by atoms with Crippen molar-refractivity contribution in [3.63, 3.8) is 0 Å². The van der Waals surface area contributed by atoms with Gasteiger partial charge in [0.25, 0.3) is 0 Å². The third-order valence-electron chi connectivity index (χ3n) is 6.96. The quantitative estimate of drug-likeness (QED) is 0.405. The summed E-state index contributed by atoms with van der Waals surface area (Å²) in [5, 5.41) is 9.13. The van der Waals surface area contributed by atoms with Crippen LogP contribution in [0, 0.1) is 6.92 Å². The van der Waals surface area contributed by atoms with Crippen LogP contribution in [-0.2, 0) is 37.3 Å². The number of benzene rings is 2. The van der Waals surface area contributed by atoms with E-state index in [2.05, 4.69) is 34.1 Å². The number of carbonyl (C=O) groups excluding carboxylic acids is 2. The molecule has 0 spiro atoms. The zero-order valence-corrected chi connectivity index (χ0v) is 22.3. The number of hydrogen-bond acceptors (Lipinski definition) is 6. The van der Waals surface area contributed by atoms with Crippen LogP contribution in [0.25, 0.3) is 0 Å². The van der Waals surface area contributed by atoms with Crippen molar-refractivity contribution in [3.8, 4) is 0 Å². The molecular weight excluding hydrogens is 492 g/mol. The molecule has 0 radical (unpaired) electrons.